The first-order valence-corrected chi connectivity index (χ1v) is 13.4. The van der Waals surface area contributed by atoms with E-state index in [0.717, 1.165) is 55.2 Å². The predicted octanol–water partition coefficient (Wildman–Crippen LogP) is 4.86. The van der Waals surface area contributed by atoms with Crippen molar-refractivity contribution in [3.63, 3.8) is 0 Å². The fraction of sp³-hybridized carbons (Fsp3) is 0.667. The first-order valence-electron chi connectivity index (χ1n) is 12.7. The number of carbonyl (C=O) groups is 3. The highest BCUT2D eigenvalue weighted by Gasteiger charge is 2.41. The maximum Gasteiger partial charge on any atom is 0.408 e. The van der Waals surface area contributed by atoms with Crippen LogP contribution in [0.5, 0.6) is 0 Å². The normalized spacial score (nSPS) is 15.5. The van der Waals surface area contributed by atoms with Crippen LogP contribution in [-0.4, -0.2) is 52.8 Å². The molecule has 0 radical (unpaired) electrons. The van der Waals surface area contributed by atoms with Gasteiger partial charge in [0.15, 0.2) is 0 Å². The number of alkyl carbamates (subject to hydrolysis) is 1. The van der Waals surface area contributed by atoms with E-state index in [4.69, 9.17) is 4.74 Å². The van der Waals surface area contributed by atoms with Crippen molar-refractivity contribution in [2.45, 2.75) is 104 Å². The topological polar surface area (TPSA) is 87.7 Å². The van der Waals surface area contributed by atoms with Crippen LogP contribution in [-0.2, 0) is 14.3 Å². The molecule has 7 nitrogen and oxygen atoms in total. The molecular formula is C27H43N3O4S. The zero-order chi connectivity index (χ0) is 26.2. The zero-order valence-electron chi connectivity index (χ0n) is 22.1. The van der Waals surface area contributed by atoms with Crippen LogP contribution in [0.3, 0.4) is 0 Å². The van der Waals surface area contributed by atoms with Gasteiger partial charge in [-0.05, 0) is 65.9 Å². The third kappa shape index (κ3) is 8.74. The van der Waals surface area contributed by atoms with Gasteiger partial charge in [-0.2, -0.15) is 12.6 Å². The molecule has 0 heterocycles. The Morgan fingerprint density at radius 2 is 1.74 bits per heavy atom. The summed E-state index contributed by atoms with van der Waals surface area (Å²) in [4.78, 5) is 41.6. The van der Waals surface area contributed by atoms with Crippen molar-refractivity contribution in [3.8, 4) is 0 Å². The van der Waals surface area contributed by atoms with Gasteiger partial charge in [-0.1, -0.05) is 49.1 Å². The summed E-state index contributed by atoms with van der Waals surface area (Å²) in [5.41, 5.74) is 2.15. The fourth-order valence-corrected chi connectivity index (χ4v) is 4.53. The number of nitrogens with zero attached hydrogens (tertiary/aromatic N) is 1. The van der Waals surface area contributed by atoms with E-state index in [9.17, 15) is 14.4 Å². The number of aryl methyl sites for hydroxylation is 2. The minimum atomic E-state index is -0.907. The van der Waals surface area contributed by atoms with Crippen LogP contribution >= 0.6 is 12.6 Å². The van der Waals surface area contributed by atoms with E-state index in [1.54, 1.807) is 25.7 Å². The van der Waals surface area contributed by atoms with E-state index < -0.39 is 23.8 Å². The van der Waals surface area contributed by atoms with Crippen LogP contribution < -0.4 is 10.6 Å². The van der Waals surface area contributed by atoms with Crippen LogP contribution in [0.4, 0.5) is 4.79 Å². The smallest absolute Gasteiger partial charge is 0.408 e. The van der Waals surface area contributed by atoms with Gasteiger partial charge in [-0.15, -0.1) is 0 Å². The van der Waals surface area contributed by atoms with Gasteiger partial charge in [0, 0.05) is 18.3 Å². The molecule has 1 aliphatic rings. The lowest BCUT2D eigenvalue weighted by Gasteiger charge is -2.43. The van der Waals surface area contributed by atoms with Gasteiger partial charge in [0.25, 0.3) is 0 Å². The highest BCUT2D eigenvalue weighted by atomic mass is 32.1. The third-order valence-corrected chi connectivity index (χ3v) is 6.43. The van der Waals surface area contributed by atoms with Crippen LogP contribution in [0.2, 0.25) is 0 Å². The summed E-state index contributed by atoms with van der Waals surface area (Å²) < 4.78 is 5.37. The van der Waals surface area contributed by atoms with Crippen molar-refractivity contribution in [2.75, 3.05) is 12.3 Å². The summed E-state index contributed by atoms with van der Waals surface area (Å²) in [6.45, 7) is 12.0. The molecule has 35 heavy (non-hydrogen) atoms. The minimum absolute atomic E-state index is 0.0717. The molecule has 0 aliphatic heterocycles. The summed E-state index contributed by atoms with van der Waals surface area (Å²) >= 11 is 4.35. The molecule has 2 rings (SSSR count). The number of benzene rings is 1. The first-order chi connectivity index (χ1) is 16.5. The number of hydrogen-bond donors (Lipinski definition) is 3. The average Bonchev–Trinajstić information content (AvgIpc) is 2.71. The lowest BCUT2D eigenvalue weighted by atomic mass is 9.87. The molecule has 1 saturated carbocycles. The molecular weight excluding hydrogens is 462 g/mol. The molecule has 1 aromatic carbocycles. The first kappa shape index (κ1) is 29.0. The van der Waals surface area contributed by atoms with E-state index >= 15 is 0 Å². The zero-order valence-corrected chi connectivity index (χ0v) is 23.0. The number of thiol groups is 1. The van der Waals surface area contributed by atoms with Gasteiger partial charge in [-0.3, -0.25) is 9.59 Å². The Morgan fingerprint density at radius 3 is 2.23 bits per heavy atom. The Balaban J connectivity index is 2.40. The van der Waals surface area contributed by atoms with E-state index in [0.29, 0.717) is 6.54 Å². The number of unbranched alkanes of at least 4 members (excludes halogenated alkanes) is 2. The Morgan fingerprint density at radius 1 is 1.11 bits per heavy atom. The van der Waals surface area contributed by atoms with E-state index in [1.807, 2.05) is 26.0 Å². The van der Waals surface area contributed by atoms with Crippen LogP contribution in [0.25, 0.3) is 0 Å². The molecule has 2 atom stereocenters. The number of amides is 3. The number of nitrogens with one attached hydrogen (secondary N) is 2. The molecule has 0 spiro atoms. The number of carbonyl (C=O) groups excluding carboxylic acids is 3. The maximum atomic E-state index is 13.9. The van der Waals surface area contributed by atoms with Crippen molar-refractivity contribution < 1.29 is 19.1 Å². The SMILES string of the molecule is CCCCCNC(=O)C(c1cc(C)cc(C)c1)N(C(=O)C(CS)NC(=O)OC(C)(C)C)C1CCC1. The molecule has 0 saturated heterocycles. The van der Waals surface area contributed by atoms with Crippen LogP contribution in [0, 0.1) is 13.8 Å². The fourth-order valence-electron chi connectivity index (χ4n) is 4.29. The summed E-state index contributed by atoms with van der Waals surface area (Å²) in [6.07, 6.45) is 4.94. The number of ether oxygens (including phenoxy) is 1. The van der Waals surface area contributed by atoms with E-state index in [1.165, 1.54) is 0 Å². The van der Waals surface area contributed by atoms with E-state index in [-0.39, 0.29) is 23.6 Å². The highest BCUT2D eigenvalue weighted by molar-refractivity contribution is 7.80. The van der Waals surface area contributed by atoms with Crippen LogP contribution in [0.1, 0.15) is 89.0 Å². The predicted molar refractivity (Wildman–Crippen MR) is 143 cm³/mol. The van der Waals surface area contributed by atoms with Gasteiger partial charge in [-0.25, -0.2) is 4.79 Å². The van der Waals surface area contributed by atoms with Gasteiger partial charge in [0.2, 0.25) is 11.8 Å². The molecule has 1 fully saturated rings. The Labute approximate surface area is 216 Å². The second kappa shape index (κ2) is 13.2. The number of rotatable bonds is 11. The molecule has 0 bridgehead atoms. The minimum Gasteiger partial charge on any atom is -0.444 e. The molecule has 1 aromatic rings. The summed E-state index contributed by atoms with van der Waals surface area (Å²) in [7, 11) is 0. The van der Waals surface area contributed by atoms with Crippen molar-refractivity contribution in [1.82, 2.24) is 15.5 Å². The summed E-state index contributed by atoms with van der Waals surface area (Å²) in [5.74, 6) is -0.413. The Kier molecular flexibility index (Phi) is 10.9. The van der Waals surface area contributed by atoms with Crippen LogP contribution in [0.15, 0.2) is 18.2 Å². The van der Waals surface area contributed by atoms with Gasteiger partial charge in [0.05, 0.1) is 0 Å². The lowest BCUT2D eigenvalue weighted by molar-refractivity contribution is -0.147. The van der Waals surface area contributed by atoms with Gasteiger partial charge >= 0.3 is 6.09 Å². The number of hydrogen-bond acceptors (Lipinski definition) is 5. The second-order valence-electron chi connectivity index (χ2n) is 10.5. The second-order valence-corrected chi connectivity index (χ2v) is 10.9. The molecule has 196 valence electrons. The monoisotopic (exact) mass is 505 g/mol. The maximum absolute atomic E-state index is 13.9. The summed E-state index contributed by atoms with van der Waals surface area (Å²) in [5, 5.41) is 5.73. The Hall–Kier alpha value is -2.22. The molecule has 3 amide bonds. The van der Waals surface area contributed by atoms with Crippen molar-refractivity contribution >= 4 is 30.5 Å². The van der Waals surface area contributed by atoms with Gasteiger partial charge in [0.1, 0.15) is 17.7 Å². The molecule has 2 N–H and O–H groups in total. The van der Waals surface area contributed by atoms with Crippen molar-refractivity contribution in [2.24, 2.45) is 0 Å². The molecule has 0 aromatic heterocycles. The molecule has 1 aliphatic carbocycles. The quantitative estimate of drug-likeness (QED) is 0.296. The van der Waals surface area contributed by atoms with Crippen molar-refractivity contribution in [3.05, 3.63) is 34.9 Å². The largest absolute Gasteiger partial charge is 0.444 e. The average molecular weight is 506 g/mol. The highest BCUT2D eigenvalue weighted by Crippen LogP contribution is 2.34. The van der Waals surface area contributed by atoms with E-state index in [2.05, 4.69) is 36.3 Å². The van der Waals surface area contributed by atoms with Crippen molar-refractivity contribution in [1.29, 1.82) is 0 Å². The molecule has 2 unspecified atom stereocenters. The van der Waals surface area contributed by atoms with Gasteiger partial charge < -0.3 is 20.3 Å². The molecule has 8 heteroatoms. The summed E-state index contributed by atoms with van der Waals surface area (Å²) in [6, 6.07) is 4.23. The Bertz CT molecular complexity index is 859. The lowest BCUT2D eigenvalue weighted by Crippen LogP contribution is -2.58. The third-order valence-electron chi connectivity index (χ3n) is 6.06. The standard InChI is InChI=1S/C27H43N3O4S/c1-7-8-9-13-28-24(31)23(20-15-18(2)14-19(3)16-20)30(21-11-10-12-21)25(32)22(17-35)29-26(33)34-27(4,5)6/h14-16,21-23,35H,7-13,17H2,1-6H3,(H,28,31)(H,29,33).